The molecule has 2 amide bonds. The number of ether oxygens (including phenoxy) is 1. The number of rotatable bonds is 4. The van der Waals surface area contributed by atoms with Crippen molar-refractivity contribution in [3.8, 4) is 5.75 Å². The van der Waals surface area contributed by atoms with Crippen LogP contribution in [0.5, 0.6) is 5.75 Å². The van der Waals surface area contributed by atoms with E-state index in [9.17, 15) is 9.59 Å². The molecule has 0 atom stereocenters. The Morgan fingerprint density at radius 3 is 2.59 bits per heavy atom. The van der Waals surface area contributed by atoms with Gasteiger partial charge in [0.05, 0.1) is 4.91 Å². The lowest BCUT2D eigenvalue weighted by Gasteiger charge is -2.10. The number of amides is 2. The maximum Gasteiger partial charge on any atom is 0.286 e. The van der Waals surface area contributed by atoms with Gasteiger partial charge in [-0.3, -0.25) is 9.59 Å². The minimum Gasteiger partial charge on any atom is -0.488 e. The highest BCUT2D eigenvalue weighted by molar-refractivity contribution is 8.18. The lowest BCUT2D eigenvalue weighted by atomic mass is 10.1. The molecule has 0 bridgehead atoms. The summed E-state index contributed by atoms with van der Waals surface area (Å²) in [5.41, 5.74) is 1.60. The summed E-state index contributed by atoms with van der Waals surface area (Å²) in [7, 11) is 0. The number of nitrogens with one attached hydrogen (secondary N) is 1. The van der Waals surface area contributed by atoms with Gasteiger partial charge in [0.15, 0.2) is 5.17 Å². The Kier molecular flexibility index (Phi) is 6.21. The van der Waals surface area contributed by atoms with Crippen LogP contribution in [0, 0.1) is 0 Å². The molecule has 138 valence electrons. The van der Waals surface area contributed by atoms with Gasteiger partial charge in [-0.2, -0.15) is 4.99 Å². The van der Waals surface area contributed by atoms with Crippen molar-refractivity contribution < 1.29 is 14.3 Å². The maximum atomic E-state index is 12.1. The maximum absolute atomic E-state index is 12.1. The SMILES string of the molecule is CC(=O)NC1=NC(=O)C(=Cc2cc(Cl)ccc2OCc2ccc(Cl)cc2)S1. The number of hydrogen-bond acceptors (Lipinski definition) is 4. The summed E-state index contributed by atoms with van der Waals surface area (Å²) in [6, 6.07) is 12.5. The smallest absolute Gasteiger partial charge is 0.286 e. The van der Waals surface area contributed by atoms with Gasteiger partial charge in [0.1, 0.15) is 12.4 Å². The van der Waals surface area contributed by atoms with E-state index in [4.69, 9.17) is 27.9 Å². The first-order valence-corrected chi connectivity index (χ1v) is 9.45. The summed E-state index contributed by atoms with van der Waals surface area (Å²) in [5, 5.41) is 3.93. The van der Waals surface area contributed by atoms with E-state index < -0.39 is 5.91 Å². The van der Waals surface area contributed by atoms with Crippen molar-refractivity contribution in [1.82, 2.24) is 5.32 Å². The molecule has 27 heavy (non-hydrogen) atoms. The monoisotopic (exact) mass is 420 g/mol. The number of halogens is 2. The Labute approximate surface area is 170 Å². The third kappa shape index (κ3) is 5.35. The average Bonchev–Trinajstić information content (AvgIpc) is 2.94. The number of amidine groups is 1. The van der Waals surface area contributed by atoms with E-state index in [0.29, 0.717) is 32.9 Å². The van der Waals surface area contributed by atoms with Crippen LogP contribution >= 0.6 is 35.0 Å². The number of hydrogen-bond donors (Lipinski definition) is 1. The zero-order valence-electron chi connectivity index (χ0n) is 14.2. The summed E-state index contributed by atoms with van der Waals surface area (Å²) in [5.74, 6) is -0.138. The molecule has 0 aliphatic carbocycles. The molecule has 8 heteroatoms. The topological polar surface area (TPSA) is 67.8 Å². The summed E-state index contributed by atoms with van der Waals surface area (Å²) < 4.78 is 5.88. The molecule has 0 saturated carbocycles. The Bertz CT molecular complexity index is 956. The van der Waals surface area contributed by atoms with Gasteiger partial charge in [0.25, 0.3) is 5.91 Å². The lowest BCUT2D eigenvalue weighted by molar-refractivity contribution is -0.117. The van der Waals surface area contributed by atoms with Crippen molar-refractivity contribution in [2.75, 3.05) is 0 Å². The highest BCUT2D eigenvalue weighted by Gasteiger charge is 2.23. The molecule has 1 N–H and O–H groups in total. The molecule has 1 heterocycles. The highest BCUT2D eigenvalue weighted by atomic mass is 35.5. The molecule has 1 aliphatic rings. The van der Waals surface area contributed by atoms with Gasteiger partial charge in [-0.1, -0.05) is 35.3 Å². The van der Waals surface area contributed by atoms with Crippen LogP contribution in [0.1, 0.15) is 18.1 Å². The minimum absolute atomic E-state index is 0.254. The highest BCUT2D eigenvalue weighted by Crippen LogP contribution is 2.32. The molecule has 0 spiro atoms. The van der Waals surface area contributed by atoms with Crippen LogP contribution in [0.15, 0.2) is 52.4 Å². The molecule has 0 radical (unpaired) electrons. The van der Waals surface area contributed by atoms with Crippen molar-refractivity contribution in [3.05, 3.63) is 68.5 Å². The Morgan fingerprint density at radius 1 is 1.19 bits per heavy atom. The second-order valence-electron chi connectivity index (χ2n) is 5.61. The van der Waals surface area contributed by atoms with Gasteiger partial charge in [-0.15, -0.1) is 0 Å². The van der Waals surface area contributed by atoms with Crippen LogP contribution in [-0.4, -0.2) is 17.0 Å². The van der Waals surface area contributed by atoms with Crippen molar-refractivity contribution in [3.63, 3.8) is 0 Å². The number of thioether (sulfide) groups is 1. The van der Waals surface area contributed by atoms with Gasteiger partial charge in [0, 0.05) is 22.5 Å². The fourth-order valence-corrected chi connectivity index (χ4v) is 3.42. The molecule has 3 rings (SSSR count). The van der Waals surface area contributed by atoms with Gasteiger partial charge in [0.2, 0.25) is 5.91 Å². The Hall–Kier alpha value is -2.28. The summed E-state index contributed by atoms with van der Waals surface area (Å²) in [6.45, 7) is 1.69. The van der Waals surface area contributed by atoms with E-state index >= 15 is 0 Å². The van der Waals surface area contributed by atoms with Gasteiger partial charge >= 0.3 is 0 Å². The van der Waals surface area contributed by atoms with Crippen LogP contribution in [0.25, 0.3) is 6.08 Å². The van der Waals surface area contributed by atoms with E-state index in [1.54, 1.807) is 36.4 Å². The summed E-state index contributed by atoms with van der Waals surface area (Å²) >= 11 is 13.1. The first-order valence-electron chi connectivity index (χ1n) is 7.87. The van der Waals surface area contributed by atoms with Crippen LogP contribution in [-0.2, 0) is 16.2 Å². The normalized spacial score (nSPS) is 15.0. The van der Waals surface area contributed by atoms with Crippen LogP contribution in [0.4, 0.5) is 0 Å². The molecule has 1 aliphatic heterocycles. The van der Waals surface area contributed by atoms with Gasteiger partial charge < -0.3 is 10.1 Å². The van der Waals surface area contributed by atoms with Crippen molar-refractivity contribution in [2.24, 2.45) is 4.99 Å². The minimum atomic E-state index is -0.424. The van der Waals surface area contributed by atoms with Crippen molar-refractivity contribution in [2.45, 2.75) is 13.5 Å². The summed E-state index contributed by atoms with van der Waals surface area (Å²) in [6.07, 6.45) is 1.65. The second kappa shape index (κ2) is 8.61. The lowest BCUT2D eigenvalue weighted by Crippen LogP contribution is -2.23. The van der Waals surface area contributed by atoms with Gasteiger partial charge in [-0.25, -0.2) is 0 Å². The molecule has 5 nitrogen and oxygen atoms in total. The summed E-state index contributed by atoms with van der Waals surface area (Å²) in [4.78, 5) is 27.4. The number of aliphatic imine (C=N–C) groups is 1. The molecule has 0 aromatic heterocycles. The molecule has 0 fully saturated rings. The molecule has 0 unspecified atom stereocenters. The van der Waals surface area contributed by atoms with Crippen molar-refractivity contribution >= 4 is 58.0 Å². The van der Waals surface area contributed by atoms with Crippen LogP contribution in [0.3, 0.4) is 0 Å². The van der Waals surface area contributed by atoms with Crippen LogP contribution < -0.4 is 10.1 Å². The van der Waals surface area contributed by atoms with Gasteiger partial charge in [-0.05, 0) is 53.7 Å². The number of carbonyl (C=O) groups is 2. The van der Waals surface area contributed by atoms with Crippen LogP contribution in [0.2, 0.25) is 10.0 Å². The zero-order chi connectivity index (χ0) is 19.4. The second-order valence-corrected chi connectivity index (χ2v) is 7.51. The van der Waals surface area contributed by atoms with Crippen molar-refractivity contribution in [1.29, 1.82) is 0 Å². The molecular formula is C19H14Cl2N2O3S. The third-order valence-corrected chi connectivity index (χ3v) is 4.86. The fraction of sp³-hybridized carbons (Fsp3) is 0.105. The third-order valence-electron chi connectivity index (χ3n) is 3.47. The largest absolute Gasteiger partial charge is 0.488 e. The molecule has 2 aromatic carbocycles. The Morgan fingerprint density at radius 2 is 1.89 bits per heavy atom. The molecule has 2 aromatic rings. The quantitative estimate of drug-likeness (QED) is 0.729. The number of nitrogens with zero attached hydrogens (tertiary/aromatic N) is 1. The van der Waals surface area contributed by atoms with E-state index in [2.05, 4.69) is 10.3 Å². The Balaban J connectivity index is 1.79. The number of carbonyl (C=O) groups excluding carboxylic acids is 2. The average molecular weight is 421 g/mol. The van der Waals surface area contributed by atoms with E-state index in [-0.39, 0.29) is 11.1 Å². The van der Waals surface area contributed by atoms with E-state index in [0.717, 1.165) is 17.3 Å². The first-order chi connectivity index (χ1) is 12.9. The first kappa shape index (κ1) is 19.5. The number of benzene rings is 2. The predicted octanol–water partition coefficient (Wildman–Crippen LogP) is 4.68. The van der Waals surface area contributed by atoms with E-state index in [1.807, 2.05) is 12.1 Å². The standard InChI is InChI=1S/C19H14Cl2N2O3S/c1-11(24)22-19-23-18(25)17(27-19)9-13-8-15(21)6-7-16(13)26-10-12-2-4-14(20)5-3-12/h2-9H,10H2,1H3,(H,22,23,24,25). The predicted molar refractivity (Wildman–Crippen MR) is 109 cm³/mol. The zero-order valence-corrected chi connectivity index (χ0v) is 16.5. The van der Waals surface area contributed by atoms with E-state index in [1.165, 1.54) is 6.92 Å². The molecular weight excluding hydrogens is 407 g/mol. The fourth-order valence-electron chi connectivity index (χ4n) is 2.26. The molecule has 0 saturated heterocycles.